The summed E-state index contributed by atoms with van der Waals surface area (Å²) in [6.45, 7) is 6.97. The van der Waals surface area contributed by atoms with Gasteiger partial charge in [-0.05, 0) is 33.3 Å². The number of β-lactam (4-membered cyclic amide) rings is 1. The zero-order chi connectivity index (χ0) is 18.2. The van der Waals surface area contributed by atoms with Crippen molar-refractivity contribution < 1.29 is 54.2 Å². The molecule has 25 heavy (non-hydrogen) atoms. The summed E-state index contributed by atoms with van der Waals surface area (Å²) in [6, 6.07) is -1.82. The SMILES string of the molecule is C/C=C(C)/C(=N/OC)C([O-])=N[C@@H]1C(=O)N2[C@@H]1SC(C)(C)[C@@H]2C(=O)O.[Na+]. The maximum absolute atomic E-state index is 12.3. The Bertz CT molecular complexity index is 662. The van der Waals surface area contributed by atoms with Gasteiger partial charge in [-0.1, -0.05) is 11.2 Å². The first-order valence-corrected chi connectivity index (χ1v) is 8.26. The Balaban J connectivity index is 0.00000312. The van der Waals surface area contributed by atoms with Gasteiger partial charge in [-0.15, -0.1) is 11.8 Å². The van der Waals surface area contributed by atoms with Gasteiger partial charge in [0.15, 0.2) is 6.04 Å². The second-order valence-corrected chi connectivity index (χ2v) is 7.84. The average molecular weight is 377 g/mol. The maximum atomic E-state index is 12.3. The van der Waals surface area contributed by atoms with Gasteiger partial charge in [0.2, 0.25) is 0 Å². The van der Waals surface area contributed by atoms with Crippen molar-refractivity contribution >= 4 is 35.2 Å². The molecule has 2 fully saturated rings. The summed E-state index contributed by atoms with van der Waals surface area (Å²) in [5, 5.41) is 24.9. The smallest absolute Gasteiger partial charge is 0.857 e. The Morgan fingerprint density at radius 1 is 1.48 bits per heavy atom. The molecular formula is C15H20N3NaO5S. The molecule has 0 saturated carbocycles. The van der Waals surface area contributed by atoms with E-state index < -0.39 is 40.0 Å². The maximum Gasteiger partial charge on any atom is 1.00 e. The number of aliphatic imine (C=N–C) groups is 1. The number of rotatable bonds is 5. The number of allylic oxidation sites excluding steroid dienone is 1. The number of carbonyl (C=O) groups excluding carboxylic acids is 1. The summed E-state index contributed by atoms with van der Waals surface area (Å²) >= 11 is 1.34. The minimum absolute atomic E-state index is 0. The zero-order valence-corrected chi connectivity index (χ0v) is 18.0. The number of carboxylic acid groups (broad SMARTS) is 1. The van der Waals surface area contributed by atoms with Crippen molar-refractivity contribution in [2.24, 2.45) is 10.1 Å². The molecule has 0 aliphatic carbocycles. The van der Waals surface area contributed by atoms with Crippen LogP contribution in [0.2, 0.25) is 0 Å². The molecule has 0 aromatic heterocycles. The summed E-state index contributed by atoms with van der Waals surface area (Å²) in [7, 11) is 1.32. The fourth-order valence-corrected chi connectivity index (χ4v) is 4.42. The number of oxime groups is 1. The fourth-order valence-electron chi connectivity index (χ4n) is 2.81. The second-order valence-electron chi connectivity index (χ2n) is 6.07. The number of fused-ring (bicyclic) bond motifs is 1. The van der Waals surface area contributed by atoms with Gasteiger partial charge in [0.05, 0.1) is 0 Å². The van der Waals surface area contributed by atoms with Crippen LogP contribution in [0.1, 0.15) is 27.7 Å². The van der Waals surface area contributed by atoms with Gasteiger partial charge in [0, 0.05) is 10.6 Å². The molecular weight excluding hydrogens is 357 g/mol. The van der Waals surface area contributed by atoms with Crippen LogP contribution in [-0.4, -0.2) is 62.8 Å². The molecule has 8 nitrogen and oxygen atoms in total. The van der Waals surface area contributed by atoms with Gasteiger partial charge in [-0.3, -0.25) is 9.79 Å². The topological polar surface area (TPSA) is 115 Å². The minimum atomic E-state index is -1.06. The quantitative estimate of drug-likeness (QED) is 0.182. The van der Waals surface area contributed by atoms with E-state index in [1.54, 1.807) is 33.8 Å². The normalized spacial score (nSPS) is 28.8. The summed E-state index contributed by atoms with van der Waals surface area (Å²) in [5.41, 5.74) is 0.611. The Labute approximate surface area is 172 Å². The van der Waals surface area contributed by atoms with Gasteiger partial charge in [0.25, 0.3) is 5.91 Å². The zero-order valence-electron chi connectivity index (χ0n) is 15.1. The summed E-state index contributed by atoms with van der Waals surface area (Å²) in [6.07, 6.45) is 1.69. The van der Waals surface area contributed by atoms with Gasteiger partial charge in [0.1, 0.15) is 24.2 Å². The van der Waals surface area contributed by atoms with Gasteiger partial charge < -0.3 is 20.0 Å². The van der Waals surface area contributed by atoms with Crippen LogP contribution in [0.5, 0.6) is 0 Å². The van der Waals surface area contributed by atoms with E-state index in [0.29, 0.717) is 5.57 Å². The molecule has 10 heteroatoms. The Kier molecular flexibility index (Phi) is 7.14. The van der Waals surface area contributed by atoms with Crippen molar-refractivity contribution in [1.82, 2.24) is 4.90 Å². The van der Waals surface area contributed by atoms with Crippen LogP contribution in [0.4, 0.5) is 0 Å². The molecule has 0 aromatic carbocycles. The first-order chi connectivity index (χ1) is 11.2. The number of aliphatic carboxylic acids is 1. The van der Waals surface area contributed by atoms with E-state index in [9.17, 15) is 19.8 Å². The number of thioether (sulfide) groups is 1. The summed E-state index contributed by atoms with van der Waals surface area (Å²) < 4.78 is -0.651. The Morgan fingerprint density at radius 3 is 2.56 bits per heavy atom. The van der Waals surface area contributed by atoms with Gasteiger partial charge >= 0.3 is 35.5 Å². The molecule has 2 heterocycles. The summed E-state index contributed by atoms with van der Waals surface area (Å²) in [5.74, 6) is -2.16. The van der Waals surface area contributed by atoms with Gasteiger partial charge in [-0.2, -0.15) is 0 Å². The van der Waals surface area contributed by atoms with Crippen LogP contribution in [-0.2, 0) is 14.4 Å². The van der Waals surface area contributed by atoms with Crippen molar-refractivity contribution in [1.29, 1.82) is 0 Å². The molecule has 132 valence electrons. The number of nitrogens with zero attached hydrogens (tertiary/aromatic N) is 3. The Hall–Kier alpha value is -1.03. The van der Waals surface area contributed by atoms with Crippen molar-refractivity contribution in [2.45, 2.75) is 49.9 Å². The predicted octanol–water partition coefficient (Wildman–Crippen LogP) is -2.77. The third-order valence-electron chi connectivity index (χ3n) is 4.09. The number of hydrogen-bond acceptors (Lipinski definition) is 7. The number of carbonyl (C=O) groups is 2. The predicted molar refractivity (Wildman–Crippen MR) is 88.8 cm³/mol. The van der Waals surface area contributed by atoms with Gasteiger partial charge in [-0.25, -0.2) is 4.79 Å². The first kappa shape index (κ1) is 22.0. The molecule has 2 rings (SSSR count). The molecule has 0 radical (unpaired) electrons. The van der Waals surface area contributed by atoms with E-state index in [4.69, 9.17) is 0 Å². The third kappa shape index (κ3) is 3.89. The van der Waals surface area contributed by atoms with Crippen molar-refractivity contribution in [3.63, 3.8) is 0 Å². The van der Waals surface area contributed by atoms with E-state index >= 15 is 0 Å². The van der Waals surface area contributed by atoms with E-state index in [-0.39, 0.29) is 35.3 Å². The number of hydrogen-bond donors (Lipinski definition) is 1. The monoisotopic (exact) mass is 377 g/mol. The van der Waals surface area contributed by atoms with E-state index in [0.717, 1.165) is 0 Å². The van der Waals surface area contributed by atoms with Crippen LogP contribution in [0, 0.1) is 0 Å². The van der Waals surface area contributed by atoms with Crippen LogP contribution < -0.4 is 34.7 Å². The summed E-state index contributed by atoms with van der Waals surface area (Å²) in [4.78, 5) is 33.7. The second kappa shape index (κ2) is 8.11. The molecule has 0 unspecified atom stereocenters. The van der Waals surface area contributed by atoms with Crippen LogP contribution in [0.3, 0.4) is 0 Å². The third-order valence-corrected chi connectivity index (χ3v) is 5.65. The van der Waals surface area contributed by atoms with Crippen LogP contribution in [0.25, 0.3) is 0 Å². The molecule has 0 aromatic rings. The molecule has 0 bridgehead atoms. The van der Waals surface area contributed by atoms with Crippen molar-refractivity contribution in [3.05, 3.63) is 11.6 Å². The molecule has 2 aliphatic heterocycles. The Morgan fingerprint density at radius 2 is 2.08 bits per heavy atom. The molecule has 2 aliphatic rings. The number of amides is 1. The van der Waals surface area contributed by atoms with E-state index in [1.807, 2.05) is 0 Å². The number of carboxylic acids is 1. The van der Waals surface area contributed by atoms with Crippen LogP contribution >= 0.6 is 11.8 Å². The standard InChI is InChI=1S/C15H21N3O5S.Na/c1-6-7(2)8(17-23-5)11(19)16-9-12(20)18-10(14(21)22)15(3,4)24-13(9)18;/h6,9-10,13H,1-5H3,(H,16,19)(H,21,22);/q;+1/p-1/b7-6+,17-8-;/t9-,10+,13-;/m1./s1. The molecule has 2 saturated heterocycles. The molecule has 3 atom stereocenters. The largest absolute Gasteiger partial charge is 1.00 e. The van der Waals surface area contributed by atoms with Crippen LogP contribution in [0.15, 0.2) is 21.8 Å². The molecule has 1 N–H and O–H groups in total. The molecule has 0 spiro atoms. The first-order valence-electron chi connectivity index (χ1n) is 7.38. The molecule has 1 amide bonds. The van der Waals surface area contributed by atoms with E-state index in [2.05, 4.69) is 15.0 Å². The van der Waals surface area contributed by atoms with E-state index in [1.165, 1.54) is 23.8 Å². The minimum Gasteiger partial charge on any atom is -0.857 e. The van der Waals surface area contributed by atoms with Crippen molar-refractivity contribution in [3.8, 4) is 0 Å². The van der Waals surface area contributed by atoms with Crippen molar-refractivity contribution in [2.75, 3.05) is 7.11 Å². The average Bonchev–Trinajstić information content (AvgIpc) is 2.77. The fraction of sp³-hybridized carbons (Fsp3) is 0.600.